The summed E-state index contributed by atoms with van der Waals surface area (Å²) >= 11 is -0.233. The molecule has 1 aliphatic carbocycles. The van der Waals surface area contributed by atoms with Crippen LogP contribution >= 0.6 is 0 Å². The maximum absolute atomic E-state index is 15.0. The van der Waals surface area contributed by atoms with Crippen LogP contribution in [0.1, 0.15) is 39.0 Å². The van der Waals surface area contributed by atoms with Gasteiger partial charge in [-0.05, 0) is 0 Å². The van der Waals surface area contributed by atoms with E-state index < -0.39 is 4.31 Å². The van der Waals surface area contributed by atoms with Crippen LogP contribution in [0.25, 0.3) is 0 Å². The molecule has 0 heterocycles. The summed E-state index contributed by atoms with van der Waals surface area (Å²) in [7, 11) is 4.86. The Labute approximate surface area is 230 Å². The molecule has 0 bridgehead atoms. The van der Waals surface area contributed by atoms with Crippen molar-refractivity contribution in [2.24, 2.45) is 0 Å². The Morgan fingerprint density at radius 2 is 1.39 bits per heavy atom. The Morgan fingerprint density at radius 3 is 2.08 bits per heavy atom. The number of aryl methyl sites for hydroxylation is 1. The Kier molecular flexibility index (Phi) is 7.56. The number of rotatable bonds is 7. The van der Waals surface area contributed by atoms with Crippen molar-refractivity contribution in [2.75, 3.05) is 21.3 Å². The van der Waals surface area contributed by atoms with E-state index in [-0.39, 0.29) is 20.7 Å². The molecule has 0 fully saturated rings. The second kappa shape index (κ2) is 11.2. The molecule has 190 valence electrons. The van der Waals surface area contributed by atoms with Crippen LogP contribution < -0.4 is 18.7 Å². The van der Waals surface area contributed by atoms with Crippen LogP contribution in [0.5, 0.6) is 17.2 Å². The molecule has 4 nitrogen and oxygen atoms in total. The van der Waals surface area contributed by atoms with Gasteiger partial charge in [0.25, 0.3) is 0 Å². The van der Waals surface area contributed by atoms with Gasteiger partial charge in [0, 0.05) is 0 Å². The summed E-state index contributed by atoms with van der Waals surface area (Å²) in [5, 5.41) is 0. The first-order chi connectivity index (χ1) is 18.6. The van der Waals surface area contributed by atoms with Gasteiger partial charge in [-0.3, -0.25) is 0 Å². The van der Waals surface area contributed by atoms with Gasteiger partial charge in [0.15, 0.2) is 0 Å². The number of benzene rings is 4. The second-order valence-electron chi connectivity index (χ2n) is 8.90. The predicted octanol–water partition coefficient (Wildman–Crippen LogP) is 5.17. The van der Waals surface area contributed by atoms with Crippen LogP contribution in [0.2, 0.25) is 0 Å². The third-order valence-corrected chi connectivity index (χ3v) is 9.83. The van der Waals surface area contributed by atoms with Gasteiger partial charge in [0.05, 0.1) is 0 Å². The molecule has 0 N–H and O–H groups in total. The Bertz CT molecular complexity index is 1520. The van der Waals surface area contributed by atoms with Crippen molar-refractivity contribution in [1.29, 1.82) is 0 Å². The number of hydrogen-bond donors (Lipinski definition) is 0. The number of hydrogen-bond acceptors (Lipinski definition) is 4. The van der Waals surface area contributed by atoms with Crippen LogP contribution in [0.15, 0.2) is 91.0 Å². The summed E-state index contributed by atoms with van der Waals surface area (Å²) in [6, 6.07) is 29.6. The number of methoxy groups -OCH3 is 3. The van der Waals surface area contributed by atoms with E-state index in [1.807, 2.05) is 66.7 Å². The van der Waals surface area contributed by atoms with Crippen LogP contribution in [0.3, 0.4) is 0 Å². The second-order valence-corrected chi connectivity index (χ2v) is 11.8. The summed E-state index contributed by atoms with van der Waals surface area (Å²) in [6.07, 6.45) is 1.48. The molecule has 5 rings (SSSR count). The normalized spacial score (nSPS) is 15.7. The van der Waals surface area contributed by atoms with E-state index >= 15 is 4.79 Å². The van der Waals surface area contributed by atoms with Crippen LogP contribution in [-0.4, -0.2) is 42.1 Å². The van der Waals surface area contributed by atoms with Gasteiger partial charge in [-0.15, -0.1) is 0 Å². The van der Waals surface area contributed by atoms with Crippen LogP contribution in [0.4, 0.5) is 0 Å². The van der Waals surface area contributed by atoms with E-state index in [9.17, 15) is 0 Å². The summed E-state index contributed by atoms with van der Waals surface area (Å²) in [4.78, 5) is 15.0. The van der Waals surface area contributed by atoms with Crippen molar-refractivity contribution in [3.05, 3.63) is 119 Å². The first-order valence-corrected chi connectivity index (χ1v) is 14.1. The molecular weight excluding hydrogens is 539 g/mol. The van der Waals surface area contributed by atoms with Gasteiger partial charge in [-0.25, -0.2) is 0 Å². The number of carbonyl (C=O) groups excluding carboxylic acids is 1. The predicted molar refractivity (Wildman–Crippen MR) is 151 cm³/mol. The molecule has 0 saturated heterocycles. The van der Waals surface area contributed by atoms with E-state index in [1.165, 1.54) is 0 Å². The zero-order valence-electron chi connectivity index (χ0n) is 21.6. The molecule has 0 saturated carbocycles. The van der Waals surface area contributed by atoms with E-state index in [2.05, 4.69) is 30.0 Å². The molecule has 4 aromatic carbocycles. The average molecular weight is 568 g/mol. The van der Waals surface area contributed by atoms with E-state index in [0.29, 0.717) is 29.0 Å². The monoisotopic (exact) mass is 568 g/mol. The summed E-state index contributed by atoms with van der Waals surface area (Å²) in [5.41, 5.74) is 3.96. The fourth-order valence-electron chi connectivity index (χ4n) is 5.03. The van der Waals surface area contributed by atoms with Crippen molar-refractivity contribution in [2.45, 2.75) is 17.2 Å². The topological polar surface area (TPSA) is 44.8 Å². The molecule has 0 amide bonds. The standard InChI is InChI=1S/C33H28O4Se/c1-35-27-19-20-28(36-2)30(26(27)18-17-23-11-6-4-7-12-23)32(34)33(38-25-14-8-5-9-15-25)22-21-24-13-10-16-29(37-3)31(24)33/h4-16,19-20H,21-22H2,1-3H3. The van der Waals surface area contributed by atoms with Gasteiger partial charge >= 0.3 is 231 Å². The van der Waals surface area contributed by atoms with Gasteiger partial charge < -0.3 is 0 Å². The molecule has 38 heavy (non-hydrogen) atoms. The summed E-state index contributed by atoms with van der Waals surface area (Å²) < 4.78 is 17.7. The first-order valence-electron chi connectivity index (χ1n) is 12.4. The zero-order chi connectivity index (χ0) is 26.5. The molecule has 1 aliphatic rings. The number of ether oxygens (including phenoxy) is 3. The minimum atomic E-state index is -0.793. The average Bonchev–Trinajstić information content (AvgIpc) is 3.35. The molecule has 5 heteroatoms. The van der Waals surface area contributed by atoms with Gasteiger partial charge in [0.1, 0.15) is 0 Å². The molecule has 1 atom stereocenters. The third-order valence-electron chi connectivity index (χ3n) is 6.79. The number of fused-ring (bicyclic) bond motifs is 1. The van der Waals surface area contributed by atoms with Crippen molar-refractivity contribution < 1.29 is 19.0 Å². The minimum absolute atomic E-state index is 0.0160. The number of Topliss-reactive ketones (excluding diaryl/α,β-unsaturated/α-hetero) is 1. The SMILES string of the molecule is COc1ccc(OC)c(C(=O)C2([Se]c3ccccc3)CCc3cccc(OC)c32)c1C#Cc1ccccc1. The summed E-state index contributed by atoms with van der Waals surface area (Å²) in [5.74, 6) is 8.23. The molecule has 1 unspecified atom stereocenters. The quantitative estimate of drug-likeness (QED) is 0.176. The third kappa shape index (κ3) is 4.70. The Balaban J connectivity index is 1.76. The van der Waals surface area contributed by atoms with Gasteiger partial charge in [-0.2, -0.15) is 0 Å². The molecule has 0 aliphatic heterocycles. The van der Waals surface area contributed by atoms with Crippen LogP contribution in [0, 0.1) is 11.8 Å². The van der Waals surface area contributed by atoms with Crippen molar-refractivity contribution >= 4 is 25.2 Å². The van der Waals surface area contributed by atoms with Gasteiger partial charge in [-0.1, -0.05) is 0 Å². The molecule has 0 radical (unpaired) electrons. The van der Waals surface area contributed by atoms with Crippen molar-refractivity contribution in [3.8, 4) is 29.1 Å². The first kappa shape index (κ1) is 25.7. The maximum atomic E-state index is 15.0. The molecule has 0 spiro atoms. The fraction of sp³-hybridized carbons (Fsp3) is 0.182. The van der Waals surface area contributed by atoms with Crippen molar-refractivity contribution in [3.63, 3.8) is 0 Å². The van der Waals surface area contributed by atoms with Crippen LogP contribution in [-0.2, 0) is 10.7 Å². The van der Waals surface area contributed by atoms with E-state index in [4.69, 9.17) is 14.2 Å². The zero-order valence-corrected chi connectivity index (χ0v) is 23.3. The molecular formula is C33H28O4Se. The molecule has 0 aromatic heterocycles. The number of carbonyl (C=O) groups is 1. The van der Waals surface area contributed by atoms with E-state index in [0.717, 1.165) is 33.3 Å². The number of ketones is 1. The Morgan fingerprint density at radius 1 is 0.737 bits per heavy atom. The molecule has 4 aromatic rings. The Hall–Kier alpha value is -3.97. The van der Waals surface area contributed by atoms with Crippen molar-refractivity contribution in [1.82, 2.24) is 0 Å². The fourth-order valence-corrected chi connectivity index (χ4v) is 8.02. The summed E-state index contributed by atoms with van der Waals surface area (Å²) in [6.45, 7) is 0. The van der Waals surface area contributed by atoms with Gasteiger partial charge in [0.2, 0.25) is 0 Å². The van der Waals surface area contributed by atoms with E-state index in [1.54, 1.807) is 27.4 Å².